The maximum atomic E-state index is 9.75. The Morgan fingerprint density at radius 3 is 2.62 bits per heavy atom. The molecular weight excluding hydrogens is 309 g/mol. The van der Waals surface area contributed by atoms with Crippen LogP contribution >= 0.6 is 23.2 Å². The van der Waals surface area contributed by atoms with Crippen molar-refractivity contribution in [2.75, 3.05) is 26.4 Å². The second kappa shape index (κ2) is 7.80. The standard InChI is InChI=1S/C16H23Cl2NO2/c1-2-15(13-4-3-12(17)9-14(13)18)19-10-16(11-20)5-7-21-8-6-16/h3-4,9,15,19-20H,2,5-8,10-11H2,1H3. The third kappa shape index (κ3) is 4.33. The summed E-state index contributed by atoms with van der Waals surface area (Å²) in [7, 11) is 0. The highest BCUT2D eigenvalue weighted by molar-refractivity contribution is 6.35. The van der Waals surface area contributed by atoms with Gasteiger partial charge in [0, 0.05) is 41.3 Å². The zero-order chi connectivity index (χ0) is 15.3. The van der Waals surface area contributed by atoms with Crippen LogP contribution in [0.3, 0.4) is 0 Å². The first kappa shape index (κ1) is 17.0. The van der Waals surface area contributed by atoms with Crippen LogP contribution in [0.25, 0.3) is 0 Å². The summed E-state index contributed by atoms with van der Waals surface area (Å²) in [6.07, 6.45) is 2.71. The van der Waals surface area contributed by atoms with Gasteiger partial charge in [0.1, 0.15) is 0 Å². The highest BCUT2D eigenvalue weighted by Crippen LogP contribution is 2.32. The van der Waals surface area contributed by atoms with Crippen molar-refractivity contribution in [3.63, 3.8) is 0 Å². The molecule has 1 aliphatic heterocycles. The Labute approximate surface area is 136 Å². The number of benzene rings is 1. The molecule has 0 amide bonds. The Morgan fingerprint density at radius 1 is 1.33 bits per heavy atom. The van der Waals surface area contributed by atoms with Crippen molar-refractivity contribution < 1.29 is 9.84 Å². The lowest BCUT2D eigenvalue weighted by Crippen LogP contribution is -2.42. The first-order valence-corrected chi connectivity index (χ1v) is 8.23. The van der Waals surface area contributed by atoms with Gasteiger partial charge in [-0.1, -0.05) is 36.2 Å². The summed E-state index contributed by atoms with van der Waals surface area (Å²) in [6, 6.07) is 5.78. The molecule has 1 aromatic rings. The zero-order valence-electron chi connectivity index (χ0n) is 12.4. The molecule has 1 heterocycles. The molecule has 21 heavy (non-hydrogen) atoms. The van der Waals surface area contributed by atoms with Crippen molar-refractivity contribution in [2.45, 2.75) is 32.2 Å². The lowest BCUT2D eigenvalue weighted by Gasteiger charge is -2.37. The molecule has 3 nitrogen and oxygen atoms in total. The van der Waals surface area contributed by atoms with E-state index in [9.17, 15) is 5.11 Å². The number of hydrogen-bond acceptors (Lipinski definition) is 3. The molecule has 5 heteroatoms. The van der Waals surface area contributed by atoms with E-state index in [-0.39, 0.29) is 18.1 Å². The van der Waals surface area contributed by atoms with Gasteiger partial charge in [0.05, 0.1) is 6.61 Å². The van der Waals surface area contributed by atoms with E-state index in [4.69, 9.17) is 27.9 Å². The SMILES string of the molecule is CCC(NCC1(CO)CCOCC1)c1ccc(Cl)cc1Cl. The molecule has 0 spiro atoms. The number of halogens is 2. The predicted molar refractivity (Wildman–Crippen MR) is 87.1 cm³/mol. The van der Waals surface area contributed by atoms with Crippen LogP contribution < -0.4 is 5.32 Å². The molecule has 2 N–H and O–H groups in total. The first-order chi connectivity index (χ1) is 10.1. The lowest BCUT2D eigenvalue weighted by atomic mass is 9.80. The Hall–Kier alpha value is -0.320. The van der Waals surface area contributed by atoms with Crippen molar-refractivity contribution >= 4 is 23.2 Å². The van der Waals surface area contributed by atoms with Crippen molar-refractivity contribution in [3.8, 4) is 0 Å². The van der Waals surface area contributed by atoms with Crippen LogP contribution in [0.2, 0.25) is 10.0 Å². The van der Waals surface area contributed by atoms with Crippen LogP contribution in [0, 0.1) is 5.41 Å². The minimum absolute atomic E-state index is 0.0788. The molecule has 1 fully saturated rings. The fourth-order valence-corrected chi connectivity index (χ4v) is 3.33. The van der Waals surface area contributed by atoms with Crippen molar-refractivity contribution in [3.05, 3.63) is 33.8 Å². The lowest BCUT2D eigenvalue weighted by molar-refractivity contribution is -0.0166. The van der Waals surface area contributed by atoms with Crippen molar-refractivity contribution in [2.24, 2.45) is 5.41 Å². The van der Waals surface area contributed by atoms with E-state index >= 15 is 0 Å². The molecule has 0 bridgehead atoms. The van der Waals surface area contributed by atoms with E-state index in [1.165, 1.54) is 0 Å². The average molecular weight is 332 g/mol. The number of hydrogen-bond donors (Lipinski definition) is 2. The molecule has 0 radical (unpaired) electrons. The number of rotatable bonds is 6. The van der Waals surface area contributed by atoms with E-state index in [1.54, 1.807) is 6.07 Å². The Balaban J connectivity index is 2.04. The van der Waals surface area contributed by atoms with Crippen LogP contribution in [0.4, 0.5) is 0 Å². The quantitative estimate of drug-likeness (QED) is 0.832. The number of nitrogens with one attached hydrogen (secondary N) is 1. The Bertz CT molecular complexity index is 462. The van der Waals surface area contributed by atoms with Gasteiger partial charge in [-0.15, -0.1) is 0 Å². The van der Waals surface area contributed by atoms with Crippen LogP contribution in [0.15, 0.2) is 18.2 Å². The van der Waals surface area contributed by atoms with Gasteiger partial charge in [0.25, 0.3) is 0 Å². The highest BCUT2D eigenvalue weighted by atomic mass is 35.5. The summed E-state index contributed by atoms with van der Waals surface area (Å²) in [5, 5.41) is 14.6. The summed E-state index contributed by atoms with van der Waals surface area (Å²) in [4.78, 5) is 0. The molecule has 1 saturated heterocycles. The van der Waals surface area contributed by atoms with Gasteiger partial charge in [-0.3, -0.25) is 0 Å². The first-order valence-electron chi connectivity index (χ1n) is 7.47. The topological polar surface area (TPSA) is 41.5 Å². The van der Waals surface area contributed by atoms with Gasteiger partial charge < -0.3 is 15.2 Å². The van der Waals surface area contributed by atoms with E-state index < -0.39 is 0 Å². The molecule has 1 unspecified atom stereocenters. The Morgan fingerprint density at radius 2 is 2.05 bits per heavy atom. The fourth-order valence-electron chi connectivity index (χ4n) is 2.79. The number of ether oxygens (including phenoxy) is 1. The molecule has 118 valence electrons. The maximum absolute atomic E-state index is 9.75. The van der Waals surface area contributed by atoms with Crippen molar-refractivity contribution in [1.29, 1.82) is 0 Å². The second-order valence-electron chi connectivity index (χ2n) is 5.78. The minimum Gasteiger partial charge on any atom is -0.396 e. The van der Waals surface area contributed by atoms with Gasteiger partial charge in [-0.2, -0.15) is 0 Å². The number of aliphatic hydroxyl groups excluding tert-OH is 1. The number of aliphatic hydroxyl groups is 1. The summed E-state index contributed by atoms with van der Waals surface area (Å²) in [6.45, 7) is 4.53. The van der Waals surface area contributed by atoms with Gasteiger partial charge in [-0.25, -0.2) is 0 Å². The molecule has 0 aliphatic carbocycles. The predicted octanol–water partition coefficient (Wildman–Crippen LogP) is 3.82. The highest BCUT2D eigenvalue weighted by Gasteiger charge is 2.32. The van der Waals surface area contributed by atoms with Gasteiger partial charge >= 0.3 is 0 Å². The molecular formula is C16H23Cl2NO2. The van der Waals surface area contributed by atoms with E-state index in [2.05, 4.69) is 12.2 Å². The van der Waals surface area contributed by atoms with Crippen molar-refractivity contribution in [1.82, 2.24) is 5.32 Å². The molecule has 1 aliphatic rings. The van der Waals surface area contributed by atoms with Gasteiger partial charge in [0.15, 0.2) is 0 Å². The zero-order valence-corrected chi connectivity index (χ0v) is 13.9. The third-order valence-corrected chi connectivity index (χ3v) is 4.92. The normalized spacial score (nSPS) is 19.4. The largest absolute Gasteiger partial charge is 0.396 e. The molecule has 1 atom stereocenters. The second-order valence-corrected chi connectivity index (χ2v) is 6.62. The summed E-state index contributed by atoms with van der Waals surface area (Å²) in [5.74, 6) is 0. The molecule has 0 aromatic heterocycles. The van der Waals surface area contributed by atoms with Gasteiger partial charge in [-0.05, 0) is 37.0 Å². The Kier molecular flexibility index (Phi) is 6.33. The summed E-state index contributed by atoms with van der Waals surface area (Å²) in [5.41, 5.74) is 0.980. The van der Waals surface area contributed by atoms with E-state index in [1.807, 2.05) is 12.1 Å². The third-order valence-electron chi connectivity index (χ3n) is 4.36. The summed E-state index contributed by atoms with van der Waals surface area (Å²) < 4.78 is 5.40. The van der Waals surface area contributed by atoms with Crippen LogP contribution in [-0.2, 0) is 4.74 Å². The van der Waals surface area contributed by atoms with Crippen LogP contribution in [0.5, 0.6) is 0 Å². The monoisotopic (exact) mass is 331 g/mol. The van der Waals surface area contributed by atoms with Crippen LogP contribution in [-0.4, -0.2) is 31.5 Å². The molecule has 2 rings (SSSR count). The van der Waals surface area contributed by atoms with Crippen LogP contribution in [0.1, 0.15) is 37.8 Å². The summed E-state index contributed by atoms with van der Waals surface area (Å²) >= 11 is 12.3. The van der Waals surface area contributed by atoms with Gasteiger partial charge in [0.2, 0.25) is 0 Å². The van der Waals surface area contributed by atoms with E-state index in [0.29, 0.717) is 10.0 Å². The van der Waals surface area contributed by atoms with E-state index in [0.717, 1.165) is 44.6 Å². The average Bonchev–Trinajstić information content (AvgIpc) is 2.50. The minimum atomic E-state index is -0.0788. The fraction of sp³-hybridized carbons (Fsp3) is 0.625. The molecule has 0 saturated carbocycles. The smallest absolute Gasteiger partial charge is 0.0501 e. The molecule has 1 aromatic carbocycles. The maximum Gasteiger partial charge on any atom is 0.0501 e.